The van der Waals surface area contributed by atoms with Gasteiger partial charge in [-0.25, -0.2) is 0 Å². The van der Waals surface area contributed by atoms with E-state index in [9.17, 15) is 4.79 Å². The molecule has 2 N–H and O–H groups in total. The number of likely N-dealkylation sites (tertiary alicyclic amines) is 1. The van der Waals surface area contributed by atoms with Crippen molar-refractivity contribution in [3.63, 3.8) is 0 Å². The summed E-state index contributed by atoms with van der Waals surface area (Å²) in [5, 5.41) is 0. The van der Waals surface area contributed by atoms with Crippen LogP contribution in [0.4, 0.5) is 0 Å². The average molecular weight is 274 g/mol. The summed E-state index contributed by atoms with van der Waals surface area (Å²) in [4.78, 5) is 14.2. The predicted molar refractivity (Wildman–Crippen MR) is 82.4 cm³/mol. The number of carbonyl (C=O) groups is 1. The third-order valence-corrected chi connectivity index (χ3v) is 4.30. The molecule has 1 aromatic rings. The molecule has 3 nitrogen and oxygen atoms in total. The molecule has 1 amide bonds. The molecule has 1 aliphatic rings. The minimum absolute atomic E-state index is 0.109. The smallest absolute Gasteiger partial charge is 0.222 e. The molecule has 0 spiro atoms. The van der Waals surface area contributed by atoms with Gasteiger partial charge in [-0.1, -0.05) is 37.3 Å². The monoisotopic (exact) mass is 274 g/mol. The normalized spacial score (nSPS) is 24.4. The highest BCUT2D eigenvalue weighted by Crippen LogP contribution is 2.32. The third-order valence-electron chi connectivity index (χ3n) is 4.30. The molecule has 0 radical (unpaired) electrons. The first-order valence-corrected chi connectivity index (χ1v) is 7.66. The lowest BCUT2D eigenvalue weighted by atomic mass is 9.81. The lowest BCUT2D eigenvalue weighted by Gasteiger charge is -2.37. The van der Waals surface area contributed by atoms with E-state index in [1.165, 1.54) is 5.56 Å². The van der Waals surface area contributed by atoms with Crippen LogP contribution in [0.1, 0.15) is 44.6 Å². The van der Waals surface area contributed by atoms with Crippen molar-refractivity contribution in [2.45, 2.75) is 45.1 Å². The van der Waals surface area contributed by atoms with Crippen LogP contribution in [-0.4, -0.2) is 29.9 Å². The second-order valence-corrected chi connectivity index (χ2v) is 6.14. The van der Waals surface area contributed by atoms with Gasteiger partial charge in [0, 0.05) is 25.6 Å². The number of amides is 1. The zero-order valence-electron chi connectivity index (χ0n) is 12.6. The van der Waals surface area contributed by atoms with E-state index >= 15 is 0 Å². The number of hydrogen-bond acceptors (Lipinski definition) is 2. The molecule has 1 saturated heterocycles. The molecular weight excluding hydrogens is 248 g/mol. The van der Waals surface area contributed by atoms with Crippen LogP contribution in [0.15, 0.2) is 30.3 Å². The van der Waals surface area contributed by atoms with Crippen molar-refractivity contribution in [2.75, 3.05) is 13.1 Å². The topological polar surface area (TPSA) is 46.3 Å². The number of nitrogens with zero attached hydrogens (tertiary/aromatic N) is 1. The summed E-state index contributed by atoms with van der Waals surface area (Å²) in [5.74, 6) is 1.36. The van der Waals surface area contributed by atoms with Crippen LogP contribution < -0.4 is 5.73 Å². The summed E-state index contributed by atoms with van der Waals surface area (Å²) >= 11 is 0. The van der Waals surface area contributed by atoms with Gasteiger partial charge < -0.3 is 10.6 Å². The van der Waals surface area contributed by atoms with Gasteiger partial charge in [-0.2, -0.15) is 0 Å². The van der Waals surface area contributed by atoms with Crippen molar-refractivity contribution >= 4 is 5.91 Å². The number of hydrogen-bond donors (Lipinski definition) is 1. The second-order valence-electron chi connectivity index (χ2n) is 6.14. The molecule has 1 fully saturated rings. The fourth-order valence-corrected chi connectivity index (χ4v) is 3.08. The molecule has 3 unspecified atom stereocenters. The predicted octanol–water partition coefficient (Wildman–Crippen LogP) is 2.77. The summed E-state index contributed by atoms with van der Waals surface area (Å²) in [6, 6.07) is 10.8. The molecule has 2 rings (SSSR count). The summed E-state index contributed by atoms with van der Waals surface area (Å²) in [7, 11) is 0. The van der Waals surface area contributed by atoms with Gasteiger partial charge in [0.1, 0.15) is 0 Å². The zero-order chi connectivity index (χ0) is 14.5. The lowest BCUT2D eigenvalue weighted by Crippen LogP contribution is -2.42. The van der Waals surface area contributed by atoms with Gasteiger partial charge >= 0.3 is 0 Å². The summed E-state index contributed by atoms with van der Waals surface area (Å²) in [5.41, 5.74) is 7.13. The Hall–Kier alpha value is -1.35. The first-order chi connectivity index (χ1) is 9.58. The van der Waals surface area contributed by atoms with E-state index in [-0.39, 0.29) is 11.9 Å². The fourth-order valence-electron chi connectivity index (χ4n) is 3.08. The molecule has 110 valence electrons. The Morgan fingerprint density at radius 3 is 2.70 bits per heavy atom. The number of benzene rings is 1. The molecule has 1 heterocycles. The number of piperidine rings is 1. The first-order valence-electron chi connectivity index (χ1n) is 7.66. The third kappa shape index (κ3) is 3.83. The Morgan fingerprint density at radius 2 is 2.10 bits per heavy atom. The van der Waals surface area contributed by atoms with Gasteiger partial charge in [0.2, 0.25) is 5.91 Å². The number of rotatable bonds is 4. The highest BCUT2D eigenvalue weighted by Gasteiger charge is 2.29. The number of nitrogens with two attached hydrogens (primary N) is 1. The van der Waals surface area contributed by atoms with Crippen LogP contribution in [0.3, 0.4) is 0 Å². The molecule has 20 heavy (non-hydrogen) atoms. The Bertz CT molecular complexity index is 430. The summed E-state index contributed by atoms with van der Waals surface area (Å²) in [6.07, 6.45) is 2.43. The van der Waals surface area contributed by atoms with Crippen LogP contribution in [-0.2, 0) is 4.79 Å². The van der Waals surface area contributed by atoms with Gasteiger partial charge in [-0.15, -0.1) is 0 Å². The molecule has 1 aliphatic heterocycles. The SMILES string of the molecule is CC(N)CCC(=O)N1CCC(c2ccccc2)C(C)C1. The molecule has 1 aromatic carbocycles. The van der Waals surface area contributed by atoms with Crippen LogP contribution in [0.25, 0.3) is 0 Å². The van der Waals surface area contributed by atoms with Gasteiger partial charge in [0.25, 0.3) is 0 Å². The standard InChI is InChI=1S/C17H26N2O/c1-13-12-19(17(20)9-8-14(2)18)11-10-16(13)15-6-4-3-5-7-15/h3-7,13-14,16H,8-12,18H2,1-2H3. The minimum Gasteiger partial charge on any atom is -0.342 e. The molecule has 0 saturated carbocycles. The Balaban J connectivity index is 1.90. The largest absolute Gasteiger partial charge is 0.342 e. The van der Waals surface area contributed by atoms with Crippen molar-refractivity contribution < 1.29 is 4.79 Å². The first kappa shape index (κ1) is 15.0. The Kier molecular flexibility index (Phi) is 5.18. The second kappa shape index (κ2) is 6.89. The van der Waals surface area contributed by atoms with Gasteiger partial charge in [0.15, 0.2) is 0 Å². The molecule has 0 aromatic heterocycles. The fraction of sp³-hybridized carbons (Fsp3) is 0.588. The maximum atomic E-state index is 12.2. The lowest BCUT2D eigenvalue weighted by molar-refractivity contribution is -0.133. The zero-order valence-corrected chi connectivity index (χ0v) is 12.6. The maximum Gasteiger partial charge on any atom is 0.222 e. The van der Waals surface area contributed by atoms with E-state index in [0.717, 1.165) is 25.9 Å². The minimum atomic E-state index is 0.109. The quantitative estimate of drug-likeness (QED) is 0.917. The number of carbonyl (C=O) groups excluding carboxylic acids is 1. The van der Waals surface area contributed by atoms with Crippen molar-refractivity contribution in [1.29, 1.82) is 0 Å². The van der Waals surface area contributed by atoms with E-state index in [1.54, 1.807) is 0 Å². The van der Waals surface area contributed by atoms with E-state index in [0.29, 0.717) is 18.3 Å². The average Bonchev–Trinajstić information content (AvgIpc) is 2.45. The van der Waals surface area contributed by atoms with Crippen LogP contribution in [0.2, 0.25) is 0 Å². The van der Waals surface area contributed by atoms with E-state index < -0.39 is 0 Å². The summed E-state index contributed by atoms with van der Waals surface area (Å²) in [6.45, 7) is 5.96. The molecule has 3 atom stereocenters. The van der Waals surface area contributed by atoms with Crippen LogP contribution in [0, 0.1) is 5.92 Å². The van der Waals surface area contributed by atoms with Crippen molar-refractivity contribution in [2.24, 2.45) is 11.7 Å². The summed E-state index contributed by atoms with van der Waals surface area (Å²) < 4.78 is 0. The molecule has 0 aliphatic carbocycles. The van der Waals surface area contributed by atoms with Gasteiger partial charge in [0.05, 0.1) is 0 Å². The van der Waals surface area contributed by atoms with Crippen LogP contribution in [0.5, 0.6) is 0 Å². The van der Waals surface area contributed by atoms with Gasteiger partial charge in [-0.05, 0) is 37.2 Å². The van der Waals surface area contributed by atoms with E-state index in [1.807, 2.05) is 11.8 Å². The Morgan fingerprint density at radius 1 is 1.40 bits per heavy atom. The highest BCUT2D eigenvalue weighted by molar-refractivity contribution is 5.76. The maximum absolute atomic E-state index is 12.2. The van der Waals surface area contributed by atoms with Crippen LogP contribution >= 0.6 is 0 Å². The van der Waals surface area contributed by atoms with Gasteiger partial charge in [-0.3, -0.25) is 4.79 Å². The van der Waals surface area contributed by atoms with Crippen molar-refractivity contribution in [3.8, 4) is 0 Å². The van der Waals surface area contributed by atoms with E-state index in [4.69, 9.17) is 5.73 Å². The highest BCUT2D eigenvalue weighted by atomic mass is 16.2. The molecular formula is C17H26N2O. The van der Waals surface area contributed by atoms with E-state index in [2.05, 4.69) is 37.3 Å². The molecule has 0 bridgehead atoms. The molecule has 3 heteroatoms. The van der Waals surface area contributed by atoms with Crippen molar-refractivity contribution in [1.82, 2.24) is 4.90 Å². The van der Waals surface area contributed by atoms with Crippen molar-refractivity contribution in [3.05, 3.63) is 35.9 Å². The Labute approximate surface area is 122 Å².